The number of hydrogen-bond donors (Lipinski definition) is 2. The van der Waals surface area contributed by atoms with Crippen molar-refractivity contribution < 1.29 is 4.39 Å². The van der Waals surface area contributed by atoms with Gasteiger partial charge in [0.25, 0.3) is 0 Å². The molecule has 0 spiro atoms. The average molecular weight is 417 g/mol. The molecular weight excluding hydrogens is 384 g/mol. The lowest BCUT2D eigenvalue weighted by Gasteiger charge is -2.40. The molecule has 3 nitrogen and oxygen atoms in total. The van der Waals surface area contributed by atoms with E-state index in [1.165, 1.54) is 28.4 Å². The van der Waals surface area contributed by atoms with E-state index in [4.69, 9.17) is 0 Å². The summed E-state index contributed by atoms with van der Waals surface area (Å²) in [7, 11) is 0. The third kappa shape index (κ3) is 4.25. The summed E-state index contributed by atoms with van der Waals surface area (Å²) in [6.45, 7) is 11.6. The van der Waals surface area contributed by atoms with E-state index in [-0.39, 0.29) is 11.9 Å². The number of nitrogens with zero attached hydrogens (tertiary/aromatic N) is 1. The van der Waals surface area contributed by atoms with Gasteiger partial charge in [-0.15, -0.1) is 0 Å². The maximum atomic E-state index is 14.2. The van der Waals surface area contributed by atoms with Gasteiger partial charge in [0.15, 0.2) is 0 Å². The summed E-state index contributed by atoms with van der Waals surface area (Å²) in [4.78, 5) is 2.39. The highest BCUT2D eigenvalue weighted by Crippen LogP contribution is 2.48. The third-order valence-corrected chi connectivity index (χ3v) is 5.67. The number of hydrogen-bond acceptors (Lipinski definition) is 3. The van der Waals surface area contributed by atoms with E-state index in [2.05, 4.69) is 86.6 Å². The molecule has 0 bridgehead atoms. The zero-order valence-corrected chi connectivity index (χ0v) is 19.0. The lowest BCUT2D eigenvalue weighted by Crippen LogP contribution is -2.33. The summed E-state index contributed by atoms with van der Waals surface area (Å²) in [5, 5.41) is 7.04. The Kier molecular flexibility index (Phi) is 5.90. The van der Waals surface area contributed by atoms with E-state index >= 15 is 0 Å². The highest BCUT2D eigenvalue weighted by molar-refractivity contribution is 5.88. The maximum Gasteiger partial charge on any atom is 0.123 e. The molecule has 31 heavy (non-hydrogen) atoms. The van der Waals surface area contributed by atoms with Crippen LogP contribution >= 0.6 is 0 Å². The van der Waals surface area contributed by atoms with Crippen LogP contribution < -0.4 is 15.5 Å². The first-order chi connectivity index (χ1) is 14.9. The van der Waals surface area contributed by atoms with Crippen molar-refractivity contribution >= 4 is 17.1 Å². The molecule has 0 saturated heterocycles. The number of benzene rings is 3. The minimum absolute atomic E-state index is 0.0496. The molecule has 1 aliphatic heterocycles. The van der Waals surface area contributed by atoms with Crippen LogP contribution in [0, 0.1) is 5.82 Å². The van der Waals surface area contributed by atoms with Crippen molar-refractivity contribution in [3.63, 3.8) is 0 Å². The average Bonchev–Trinajstić information content (AvgIpc) is 2.71. The molecule has 0 amide bonds. The molecular formula is C27H32FN3. The van der Waals surface area contributed by atoms with Crippen LogP contribution in [0.1, 0.15) is 51.8 Å². The van der Waals surface area contributed by atoms with Gasteiger partial charge in [0, 0.05) is 41.3 Å². The largest absolute Gasteiger partial charge is 0.383 e. The van der Waals surface area contributed by atoms with Gasteiger partial charge in [0.1, 0.15) is 5.82 Å². The first kappa shape index (κ1) is 21.2. The van der Waals surface area contributed by atoms with Crippen molar-refractivity contribution in [3.8, 4) is 11.1 Å². The van der Waals surface area contributed by atoms with Gasteiger partial charge in [0.2, 0.25) is 0 Å². The van der Waals surface area contributed by atoms with Gasteiger partial charge in [-0.3, -0.25) is 0 Å². The molecule has 162 valence electrons. The molecule has 1 unspecified atom stereocenters. The maximum absolute atomic E-state index is 14.2. The smallest absolute Gasteiger partial charge is 0.123 e. The van der Waals surface area contributed by atoms with E-state index in [9.17, 15) is 4.39 Å². The third-order valence-electron chi connectivity index (χ3n) is 5.67. The Morgan fingerprint density at radius 2 is 1.48 bits per heavy atom. The summed E-state index contributed by atoms with van der Waals surface area (Å²) in [5.74, 6) is -0.201. The second-order valence-corrected chi connectivity index (χ2v) is 8.88. The minimum atomic E-state index is -0.201. The normalized spacial score (nSPS) is 15.1. The van der Waals surface area contributed by atoms with Gasteiger partial charge >= 0.3 is 0 Å². The molecule has 3 aromatic carbocycles. The highest BCUT2D eigenvalue weighted by atomic mass is 18.2. The molecule has 4 heteroatoms. The van der Waals surface area contributed by atoms with Crippen molar-refractivity contribution in [1.82, 2.24) is 0 Å². The molecule has 3 aromatic rings. The predicted molar refractivity (Wildman–Crippen MR) is 131 cm³/mol. The molecule has 0 fully saturated rings. The van der Waals surface area contributed by atoms with Crippen LogP contribution in [0.25, 0.3) is 11.1 Å². The number of halogens is 1. The summed E-state index contributed by atoms with van der Waals surface area (Å²) in [6.07, 6.45) is 0. The van der Waals surface area contributed by atoms with Gasteiger partial charge in [-0.25, -0.2) is 4.39 Å². The Balaban J connectivity index is 1.93. The van der Waals surface area contributed by atoms with E-state index in [0.717, 1.165) is 23.5 Å². The highest BCUT2D eigenvalue weighted by Gasteiger charge is 2.32. The SMILES string of the molecule is CCN1c2cc(NC(C)C)ccc2-c2ccc(NC(C)C)cc2C1c1cccc([18F])c1. The summed E-state index contributed by atoms with van der Waals surface area (Å²) >= 11 is 0. The quantitative estimate of drug-likeness (QED) is 0.450. The Hall–Kier alpha value is -3.01. The zero-order chi connectivity index (χ0) is 22.1. The minimum Gasteiger partial charge on any atom is -0.383 e. The molecule has 4 rings (SSSR count). The van der Waals surface area contributed by atoms with Crippen molar-refractivity contribution in [2.45, 2.75) is 52.7 Å². The van der Waals surface area contributed by atoms with E-state index < -0.39 is 0 Å². The Morgan fingerprint density at radius 1 is 0.839 bits per heavy atom. The first-order valence-electron chi connectivity index (χ1n) is 11.2. The standard InChI is InChI=1S/C27H32FN3/c1-6-31-26-16-22(30-18(4)5)11-13-24(26)23-12-10-21(29-17(2)3)15-25(23)27(31)19-8-7-9-20(28)14-19/h7-18,27,29-30H,6H2,1-5H3/i28-1. The molecule has 0 radical (unpaired) electrons. The van der Waals surface area contributed by atoms with Gasteiger partial charge in [-0.1, -0.05) is 24.3 Å². The monoisotopic (exact) mass is 416 g/mol. The topological polar surface area (TPSA) is 27.3 Å². The van der Waals surface area contributed by atoms with E-state index in [1.54, 1.807) is 12.1 Å². The van der Waals surface area contributed by atoms with Crippen LogP contribution in [0.4, 0.5) is 21.5 Å². The van der Waals surface area contributed by atoms with Gasteiger partial charge < -0.3 is 15.5 Å². The first-order valence-corrected chi connectivity index (χ1v) is 11.2. The van der Waals surface area contributed by atoms with Gasteiger partial charge in [-0.05, 0) is 87.7 Å². The Bertz CT molecular complexity index is 1070. The Morgan fingerprint density at radius 3 is 2.10 bits per heavy atom. The van der Waals surface area contributed by atoms with Gasteiger partial charge in [0.05, 0.1) is 6.04 Å². The van der Waals surface area contributed by atoms with Crippen molar-refractivity contribution in [3.05, 3.63) is 77.6 Å². The number of nitrogens with one attached hydrogen (secondary N) is 2. The van der Waals surface area contributed by atoms with Crippen LogP contribution in [0.2, 0.25) is 0 Å². The van der Waals surface area contributed by atoms with E-state index in [0.29, 0.717) is 12.1 Å². The summed E-state index contributed by atoms with van der Waals surface area (Å²) < 4.78 is 14.2. The lowest BCUT2D eigenvalue weighted by molar-refractivity contribution is 0.620. The van der Waals surface area contributed by atoms with Crippen LogP contribution in [0.3, 0.4) is 0 Å². The lowest BCUT2D eigenvalue weighted by atomic mass is 9.84. The second-order valence-electron chi connectivity index (χ2n) is 8.88. The van der Waals surface area contributed by atoms with Crippen LogP contribution in [0.15, 0.2) is 60.7 Å². The van der Waals surface area contributed by atoms with Crippen LogP contribution in [0.5, 0.6) is 0 Å². The molecule has 0 aromatic heterocycles. The fraction of sp³-hybridized carbons (Fsp3) is 0.333. The van der Waals surface area contributed by atoms with Crippen molar-refractivity contribution in [2.75, 3.05) is 22.1 Å². The van der Waals surface area contributed by atoms with Crippen molar-refractivity contribution in [2.24, 2.45) is 0 Å². The fourth-order valence-electron chi connectivity index (χ4n) is 4.57. The molecule has 0 aliphatic carbocycles. The summed E-state index contributed by atoms with van der Waals surface area (Å²) in [5.41, 5.74) is 7.97. The molecule has 1 heterocycles. The number of anilines is 3. The van der Waals surface area contributed by atoms with Crippen LogP contribution in [-0.4, -0.2) is 18.6 Å². The second kappa shape index (κ2) is 8.62. The molecule has 2 N–H and O–H groups in total. The summed E-state index contributed by atoms with van der Waals surface area (Å²) in [6, 6.07) is 20.8. The number of rotatable bonds is 6. The van der Waals surface area contributed by atoms with E-state index in [1.807, 2.05) is 6.07 Å². The van der Waals surface area contributed by atoms with Gasteiger partial charge in [-0.2, -0.15) is 0 Å². The molecule has 0 saturated carbocycles. The predicted octanol–water partition coefficient (Wildman–Crippen LogP) is 7.06. The molecule has 1 aliphatic rings. The Labute approximate surface area is 185 Å². The van der Waals surface area contributed by atoms with Crippen LogP contribution in [-0.2, 0) is 0 Å². The fourth-order valence-corrected chi connectivity index (χ4v) is 4.57. The number of fused-ring (bicyclic) bond motifs is 3. The van der Waals surface area contributed by atoms with Crippen molar-refractivity contribution in [1.29, 1.82) is 0 Å². The zero-order valence-electron chi connectivity index (χ0n) is 19.0. The molecule has 1 atom stereocenters.